The Kier molecular flexibility index (Phi) is 7.34. The summed E-state index contributed by atoms with van der Waals surface area (Å²) in [5.41, 5.74) is 6.55. The molecular weight excluding hydrogens is 462 g/mol. The largest absolute Gasteiger partial charge is 0.405 e. The maximum Gasteiger partial charge on any atom is 0.405 e. The fraction of sp³-hybridized carbons (Fsp3) is 0.407. The summed E-state index contributed by atoms with van der Waals surface area (Å²) in [6.07, 6.45) is 4.97. The van der Waals surface area contributed by atoms with Gasteiger partial charge in [-0.2, -0.15) is 13.2 Å². The lowest BCUT2D eigenvalue weighted by atomic mass is 9.39. The van der Waals surface area contributed by atoms with E-state index < -0.39 is 12.7 Å². The van der Waals surface area contributed by atoms with Crippen molar-refractivity contribution in [3.05, 3.63) is 70.7 Å². The third-order valence-corrected chi connectivity index (χ3v) is 7.35. The molecule has 36 heavy (non-hydrogen) atoms. The van der Waals surface area contributed by atoms with Gasteiger partial charge in [-0.15, -0.1) is 0 Å². The molecule has 3 aliphatic heterocycles. The molecule has 5 nitrogen and oxygen atoms in total. The van der Waals surface area contributed by atoms with Gasteiger partial charge in [0.15, 0.2) is 0 Å². The van der Waals surface area contributed by atoms with E-state index in [1.807, 2.05) is 37.4 Å². The van der Waals surface area contributed by atoms with Crippen molar-refractivity contribution in [1.82, 2.24) is 15.1 Å². The third-order valence-electron chi connectivity index (χ3n) is 7.35. The summed E-state index contributed by atoms with van der Waals surface area (Å²) in [4.78, 5) is 3.59. The van der Waals surface area contributed by atoms with Gasteiger partial charge in [0.2, 0.25) is 0 Å². The Balaban J connectivity index is 1.59. The van der Waals surface area contributed by atoms with Gasteiger partial charge >= 0.3 is 6.18 Å². The minimum atomic E-state index is -4.28. The molecule has 0 radical (unpaired) electrons. The number of hydrogen-bond donors (Lipinski definition) is 2. The summed E-state index contributed by atoms with van der Waals surface area (Å²) in [6.45, 7) is 9.10. The van der Waals surface area contributed by atoms with E-state index in [1.54, 1.807) is 0 Å². The number of dihydropyridines is 1. The second kappa shape index (κ2) is 10.3. The summed E-state index contributed by atoms with van der Waals surface area (Å²) in [7, 11) is 0. The van der Waals surface area contributed by atoms with E-state index in [0.717, 1.165) is 58.6 Å². The number of nitriles is 1. The van der Waals surface area contributed by atoms with E-state index in [0.29, 0.717) is 24.4 Å². The molecule has 1 fully saturated rings. The van der Waals surface area contributed by atoms with Crippen LogP contribution in [0.2, 0.25) is 12.1 Å². The van der Waals surface area contributed by atoms with Crippen molar-refractivity contribution in [3.8, 4) is 5.97 Å². The minimum Gasteiger partial charge on any atom is -0.371 e. The average molecular weight is 493 g/mol. The van der Waals surface area contributed by atoms with E-state index in [2.05, 4.69) is 29.7 Å². The number of allylic oxidation sites excluding steroid dienone is 3. The summed E-state index contributed by atoms with van der Waals surface area (Å²) >= 11 is 0. The number of nitrogens with one attached hydrogen (secondary N) is 2. The van der Waals surface area contributed by atoms with Gasteiger partial charge in [0.1, 0.15) is 6.54 Å². The first-order chi connectivity index (χ1) is 17.1. The molecule has 0 aromatic heterocycles. The van der Waals surface area contributed by atoms with Crippen molar-refractivity contribution in [1.29, 1.82) is 10.7 Å². The smallest absolute Gasteiger partial charge is 0.371 e. The molecule has 1 atom stereocenters. The molecule has 0 spiro atoms. The lowest BCUT2D eigenvalue weighted by Gasteiger charge is -2.36. The molecule has 1 saturated heterocycles. The van der Waals surface area contributed by atoms with E-state index >= 15 is 0 Å². The Labute approximate surface area is 211 Å². The molecule has 0 bridgehead atoms. The molecule has 0 amide bonds. The fourth-order valence-corrected chi connectivity index (χ4v) is 5.38. The summed E-state index contributed by atoms with van der Waals surface area (Å²) in [5, 5.41) is 20.7. The molecule has 4 rings (SSSR count). The molecule has 188 valence electrons. The van der Waals surface area contributed by atoms with Crippen LogP contribution < -0.4 is 5.32 Å². The Bertz CT molecular complexity index is 1170. The third kappa shape index (κ3) is 5.23. The summed E-state index contributed by atoms with van der Waals surface area (Å²) in [6, 6.07) is 3.96. The summed E-state index contributed by atoms with van der Waals surface area (Å²) < 4.78 is 39.1. The molecule has 1 aromatic carbocycles. The van der Waals surface area contributed by atoms with Crippen LogP contribution in [0.5, 0.6) is 0 Å². The van der Waals surface area contributed by atoms with Crippen LogP contribution >= 0.6 is 0 Å². The molecule has 9 heteroatoms. The van der Waals surface area contributed by atoms with E-state index in [4.69, 9.17) is 5.41 Å². The summed E-state index contributed by atoms with van der Waals surface area (Å²) in [5.74, 6) is 2.70. The maximum absolute atomic E-state index is 13.0. The maximum atomic E-state index is 13.0. The highest BCUT2D eigenvalue weighted by atomic mass is 19.4. The van der Waals surface area contributed by atoms with Crippen LogP contribution in [0.3, 0.4) is 0 Å². The van der Waals surface area contributed by atoms with Gasteiger partial charge in [-0.05, 0) is 53.8 Å². The zero-order valence-electron chi connectivity index (χ0n) is 20.8. The van der Waals surface area contributed by atoms with Crippen LogP contribution in [0.15, 0.2) is 48.5 Å². The number of fused-ring (bicyclic) bond motifs is 1. The van der Waals surface area contributed by atoms with Crippen LogP contribution in [-0.2, 0) is 12.8 Å². The lowest BCUT2D eigenvalue weighted by Crippen LogP contribution is -2.40. The highest BCUT2D eigenvalue weighted by molar-refractivity contribution is 6.68. The first-order valence-corrected chi connectivity index (χ1v) is 12.4. The van der Waals surface area contributed by atoms with Gasteiger partial charge in [-0.1, -0.05) is 32.6 Å². The van der Waals surface area contributed by atoms with Crippen LogP contribution in [0.4, 0.5) is 13.2 Å². The quantitative estimate of drug-likeness (QED) is 0.434. The molecular formula is C27H31BF3N5. The lowest BCUT2D eigenvalue weighted by molar-refractivity contribution is -0.139. The molecule has 3 aliphatic rings. The van der Waals surface area contributed by atoms with E-state index in [9.17, 15) is 18.4 Å². The Morgan fingerprint density at radius 2 is 2.11 bits per heavy atom. The van der Waals surface area contributed by atoms with Crippen LogP contribution in [-0.4, -0.2) is 55.1 Å². The highest BCUT2D eigenvalue weighted by Gasteiger charge is 2.34. The number of aryl methyl sites for hydroxylation is 1. The number of hydrogen-bond acceptors (Lipinski definition) is 5. The number of rotatable bonds is 5. The molecule has 1 aromatic rings. The van der Waals surface area contributed by atoms with Crippen molar-refractivity contribution in [2.45, 2.75) is 45.0 Å². The number of benzene rings is 1. The first-order valence-electron chi connectivity index (χ1n) is 12.4. The number of nitrogens with zero attached hydrogens (tertiary/aromatic N) is 3. The zero-order valence-corrected chi connectivity index (χ0v) is 20.8. The van der Waals surface area contributed by atoms with Crippen molar-refractivity contribution < 1.29 is 13.2 Å². The standard InChI is InChI=1S/C27H31BF3N5/c1-4-20-11-22(12-21-7-9-36(16-27(29,30)31)19(3)26(20)21)24(13-32)25-6-5-23(14-34-25)35-10-8-28(17-33)18(2)15-35/h5-6,11-14,18,32,34H,3-4,7-10,15-16H2,1-2H3/b25-24+,32-13?. The van der Waals surface area contributed by atoms with Crippen molar-refractivity contribution in [2.24, 2.45) is 0 Å². The van der Waals surface area contributed by atoms with Gasteiger partial charge in [0, 0.05) is 60.5 Å². The molecule has 0 saturated carbocycles. The molecule has 0 aliphatic carbocycles. The average Bonchev–Trinajstić information content (AvgIpc) is 2.85. The first kappa shape index (κ1) is 25.7. The van der Waals surface area contributed by atoms with Gasteiger partial charge in [0.05, 0.1) is 5.70 Å². The van der Waals surface area contributed by atoms with Gasteiger partial charge in [-0.25, -0.2) is 5.26 Å². The Morgan fingerprint density at radius 1 is 1.33 bits per heavy atom. The Morgan fingerprint density at radius 3 is 2.69 bits per heavy atom. The van der Waals surface area contributed by atoms with E-state index in [1.165, 1.54) is 11.1 Å². The Hall–Kier alpha value is -3.41. The normalized spacial score (nSPS) is 21.4. The van der Waals surface area contributed by atoms with Crippen LogP contribution in [0, 0.1) is 16.6 Å². The predicted molar refractivity (Wildman–Crippen MR) is 139 cm³/mol. The van der Waals surface area contributed by atoms with Gasteiger partial charge < -0.3 is 20.5 Å². The minimum absolute atomic E-state index is 0.0933. The monoisotopic (exact) mass is 493 g/mol. The topological polar surface area (TPSA) is 66.2 Å². The number of alkyl halides is 3. The van der Waals surface area contributed by atoms with Crippen molar-refractivity contribution >= 4 is 24.2 Å². The predicted octanol–water partition coefficient (Wildman–Crippen LogP) is 5.26. The van der Waals surface area contributed by atoms with E-state index in [-0.39, 0.29) is 13.3 Å². The van der Waals surface area contributed by atoms with Crippen LogP contribution in [0.1, 0.15) is 36.1 Å². The zero-order chi connectivity index (χ0) is 26.0. The van der Waals surface area contributed by atoms with Crippen LogP contribution in [0.25, 0.3) is 11.3 Å². The molecule has 1 unspecified atom stereocenters. The SMILES string of the molecule is C=C1c2c(CC)cc(/C(C=N)=C3\C=CC(N4CCB(C#N)C(C)C4)=CN3)cc2CCN1CC(F)(F)F. The van der Waals surface area contributed by atoms with Gasteiger partial charge in [0.25, 0.3) is 6.71 Å². The van der Waals surface area contributed by atoms with Gasteiger partial charge in [-0.3, -0.25) is 0 Å². The van der Waals surface area contributed by atoms with Crippen molar-refractivity contribution in [2.75, 3.05) is 26.2 Å². The fourth-order valence-electron chi connectivity index (χ4n) is 5.38. The highest BCUT2D eigenvalue weighted by Crippen LogP contribution is 2.36. The van der Waals surface area contributed by atoms with Crippen molar-refractivity contribution in [3.63, 3.8) is 0 Å². The molecule has 2 N–H and O–H groups in total. The molecule has 3 heterocycles. The second-order valence-corrected chi connectivity index (χ2v) is 9.72. The number of halogens is 3. The second-order valence-electron chi connectivity index (χ2n) is 9.72.